The Labute approximate surface area is 183 Å². The minimum atomic E-state index is -0.367. The van der Waals surface area contributed by atoms with E-state index in [0.717, 1.165) is 28.9 Å². The lowest BCUT2D eigenvalue weighted by atomic mass is 9.92. The van der Waals surface area contributed by atoms with E-state index in [0.29, 0.717) is 12.1 Å². The summed E-state index contributed by atoms with van der Waals surface area (Å²) in [5.74, 6) is 0.186. The molecule has 1 atom stereocenters. The first-order chi connectivity index (χ1) is 15.0. The number of aliphatic hydroxyl groups is 1. The molecule has 1 aliphatic heterocycles. The van der Waals surface area contributed by atoms with E-state index >= 15 is 0 Å². The van der Waals surface area contributed by atoms with Crippen LogP contribution in [-0.2, 0) is 17.8 Å². The zero-order valence-electron chi connectivity index (χ0n) is 18.1. The Bertz CT molecular complexity index is 1100. The molecule has 0 radical (unpaired) electrons. The predicted octanol–water partition coefficient (Wildman–Crippen LogP) is 5.62. The summed E-state index contributed by atoms with van der Waals surface area (Å²) in [5, 5.41) is 10.9. The molecule has 1 aliphatic rings. The van der Waals surface area contributed by atoms with Gasteiger partial charge in [-0.2, -0.15) is 0 Å². The molecule has 4 rings (SSSR count). The van der Waals surface area contributed by atoms with Crippen molar-refractivity contribution in [3.05, 3.63) is 106 Å². The molecule has 0 aromatic heterocycles. The van der Waals surface area contributed by atoms with Gasteiger partial charge in [-0.1, -0.05) is 73.2 Å². The van der Waals surface area contributed by atoms with Crippen LogP contribution >= 0.6 is 0 Å². The molecule has 0 fully saturated rings. The van der Waals surface area contributed by atoms with Crippen molar-refractivity contribution in [3.8, 4) is 5.75 Å². The van der Waals surface area contributed by atoms with Gasteiger partial charge in [-0.3, -0.25) is 4.79 Å². The number of benzene rings is 3. The minimum absolute atomic E-state index is 0.193. The molecule has 4 heteroatoms. The number of aryl methyl sites for hydroxylation is 2. The number of aliphatic hydroxyl groups excluding tert-OH is 1. The second-order valence-electron chi connectivity index (χ2n) is 7.91. The summed E-state index contributed by atoms with van der Waals surface area (Å²) in [4.78, 5) is 14.9. The Morgan fingerprint density at radius 2 is 1.52 bits per heavy atom. The highest BCUT2D eigenvalue weighted by Gasteiger charge is 2.40. The molecule has 0 saturated carbocycles. The van der Waals surface area contributed by atoms with Crippen molar-refractivity contribution in [1.29, 1.82) is 0 Å². The van der Waals surface area contributed by atoms with Crippen LogP contribution < -0.4 is 4.74 Å². The normalized spacial score (nSPS) is 16.2. The first kappa shape index (κ1) is 20.7. The molecule has 1 heterocycles. The van der Waals surface area contributed by atoms with Gasteiger partial charge in [0.25, 0.3) is 5.91 Å². The minimum Gasteiger partial charge on any atom is -0.503 e. The van der Waals surface area contributed by atoms with Gasteiger partial charge in [0, 0.05) is 12.1 Å². The number of carbonyl (C=O) groups excluding carboxylic acids is 1. The van der Waals surface area contributed by atoms with Gasteiger partial charge in [-0.25, -0.2) is 0 Å². The molecule has 158 valence electrons. The maximum absolute atomic E-state index is 13.2. The molecule has 1 N–H and O–H groups in total. The number of nitrogens with zero attached hydrogens (tertiary/aromatic N) is 1. The molecule has 0 spiro atoms. The van der Waals surface area contributed by atoms with Crippen molar-refractivity contribution in [1.82, 2.24) is 4.90 Å². The Kier molecular flexibility index (Phi) is 5.81. The lowest BCUT2D eigenvalue weighted by molar-refractivity contribution is -0.130. The van der Waals surface area contributed by atoms with E-state index in [-0.39, 0.29) is 17.7 Å². The van der Waals surface area contributed by atoms with Crippen LogP contribution in [0.3, 0.4) is 0 Å². The lowest BCUT2D eigenvalue weighted by Crippen LogP contribution is -2.29. The van der Waals surface area contributed by atoms with E-state index in [1.54, 1.807) is 12.0 Å². The third kappa shape index (κ3) is 4.06. The Morgan fingerprint density at radius 3 is 2.10 bits per heavy atom. The number of hydrogen-bond acceptors (Lipinski definition) is 3. The summed E-state index contributed by atoms with van der Waals surface area (Å²) in [5.41, 5.74) is 5.84. The Balaban J connectivity index is 1.78. The fourth-order valence-corrected chi connectivity index (χ4v) is 4.05. The number of hydrogen-bond donors (Lipinski definition) is 1. The van der Waals surface area contributed by atoms with Gasteiger partial charge in [0.05, 0.1) is 13.2 Å². The maximum Gasteiger partial charge on any atom is 0.290 e. The molecule has 1 amide bonds. The summed E-state index contributed by atoms with van der Waals surface area (Å²) in [7, 11) is 1.62. The highest BCUT2D eigenvalue weighted by Crippen LogP contribution is 2.44. The third-order valence-corrected chi connectivity index (χ3v) is 5.88. The van der Waals surface area contributed by atoms with E-state index in [1.165, 1.54) is 11.1 Å². The number of ether oxygens (including phenoxy) is 1. The van der Waals surface area contributed by atoms with Crippen LogP contribution in [0.15, 0.2) is 78.6 Å². The van der Waals surface area contributed by atoms with Crippen molar-refractivity contribution in [2.45, 2.75) is 32.9 Å². The predicted molar refractivity (Wildman–Crippen MR) is 123 cm³/mol. The summed E-state index contributed by atoms with van der Waals surface area (Å²) in [6, 6.07) is 23.5. The number of amides is 1. The van der Waals surface area contributed by atoms with E-state index < -0.39 is 0 Å². The molecule has 4 nitrogen and oxygen atoms in total. The van der Waals surface area contributed by atoms with E-state index in [2.05, 4.69) is 31.2 Å². The maximum atomic E-state index is 13.2. The second-order valence-corrected chi connectivity index (χ2v) is 7.91. The van der Waals surface area contributed by atoms with Gasteiger partial charge in [-0.05, 0) is 47.7 Å². The molecule has 3 aromatic carbocycles. The van der Waals surface area contributed by atoms with Crippen LogP contribution in [0, 0.1) is 6.92 Å². The van der Waals surface area contributed by atoms with E-state index in [9.17, 15) is 9.90 Å². The second kappa shape index (κ2) is 8.68. The zero-order valence-corrected chi connectivity index (χ0v) is 18.1. The van der Waals surface area contributed by atoms with Crippen molar-refractivity contribution in [3.63, 3.8) is 0 Å². The summed E-state index contributed by atoms with van der Waals surface area (Å²) in [6.45, 7) is 4.58. The molecule has 0 saturated heterocycles. The molecular weight excluding hydrogens is 386 g/mol. The quantitative estimate of drug-likeness (QED) is 0.571. The largest absolute Gasteiger partial charge is 0.503 e. The summed E-state index contributed by atoms with van der Waals surface area (Å²) < 4.78 is 5.27. The fraction of sp³-hybridized carbons (Fsp3) is 0.222. The number of carbonyl (C=O) groups is 1. The van der Waals surface area contributed by atoms with Crippen LogP contribution in [0.2, 0.25) is 0 Å². The molecule has 31 heavy (non-hydrogen) atoms. The number of rotatable bonds is 6. The van der Waals surface area contributed by atoms with E-state index in [4.69, 9.17) is 4.74 Å². The Hall–Kier alpha value is -3.53. The standard InChI is InChI=1S/C27H27NO3/c1-4-19-9-11-22(12-10-19)25-24(21-13-15-23(31-3)16-14-21)26(29)27(30)28(25)17-20-7-5-18(2)6-8-20/h5-16,25,29H,4,17H2,1-3H3/t25-/m0/s1. The Morgan fingerprint density at radius 1 is 0.903 bits per heavy atom. The molecule has 0 bridgehead atoms. The van der Waals surface area contributed by atoms with Crippen LogP contribution in [0.1, 0.15) is 40.8 Å². The third-order valence-electron chi connectivity index (χ3n) is 5.88. The number of methoxy groups -OCH3 is 1. The average molecular weight is 414 g/mol. The monoisotopic (exact) mass is 413 g/mol. The molecule has 3 aromatic rings. The van der Waals surface area contributed by atoms with Gasteiger partial charge >= 0.3 is 0 Å². The average Bonchev–Trinajstić information content (AvgIpc) is 3.05. The summed E-state index contributed by atoms with van der Waals surface area (Å²) in [6.07, 6.45) is 0.948. The molecule has 0 aliphatic carbocycles. The molecule has 0 unspecified atom stereocenters. The smallest absolute Gasteiger partial charge is 0.290 e. The van der Waals surface area contributed by atoms with Gasteiger partial charge in [0.15, 0.2) is 5.76 Å². The van der Waals surface area contributed by atoms with Crippen molar-refractivity contribution in [2.75, 3.05) is 7.11 Å². The van der Waals surface area contributed by atoms with Crippen molar-refractivity contribution in [2.24, 2.45) is 0 Å². The lowest BCUT2D eigenvalue weighted by Gasteiger charge is -2.28. The highest BCUT2D eigenvalue weighted by molar-refractivity contribution is 6.05. The van der Waals surface area contributed by atoms with Crippen LogP contribution in [0.4, 0.5) is 0 Å². The molecular formula is C27H27NO3. The van der Waals surface area contributed by atoms with Gasteiger partial charge < -0.3 is 14.7 Å². The van der Waals surface area contributed by atoms with Crippen molar-refractivity contribution < 1.29 is 14.6 Å². The fourth-order valence-electron chi connectivity index (χ4n) is 4.05. The van der Waals surface area contributed by atoms with Gasteiger partial charge in [0.1, 0.15) is 5.75 Å². The first-order valence-corrected chi connectivity index (χ1v) is 10.5. The summed E-state index contributed by atoms with van der Waals surface area (Å²) >= 11 is 0. The van der Waals surface area contributed by atoms with Crippen molar-refractivity contribution >= 4 is 11.5 Å². The topological polar surface area (TPSA) is 49.8 Å². The van der Waals surface area contributed by atoms with Crippen LogP contribution in [0.25, 0.3) is 5.57 Å². The zero-order chi connectivity index (χ0) is 22.0. The SMILES string of the molecule is CCc1ccc([C@H]2C(c3ccc(OC)cc3)=C(O)C(=O)N2Cc2ccc(C)cc2)cc1. The van der Waals surface area contributed by atoms with Crippen LogP contribution in [0.5, 0.6) is 5.75 Å². The highest BCUT2D eigenvalue weighted by atomic mass is 16.5. The first-order valence-electron chi connectivity index (χ1n) is 10.5. The van der Waals surface area contributed by atoms with Gasteiger partial charge in [0.2, 0.25) is 0 Å². The van der Waals surface area contributed by atoms with Gasteiger partial charge in [-0.15, -0.1) is 0 Å². The van der Waals surface area contributed by atoms with E-state index in [1.807, 2.05) is 55.5 Å². The van der Waals surface area contributed by atoms with Crippen LogP contribution in [-0.4, -0.2) is 23.0 Å².